The molecule has 0 spiro atoms. The molecular weight excluding hydrogens is 176 g/mol. The second kappa shape index (κ2) is 2.13. The van der Waals surface area contributed by atoms with Gasteiger partial charge in [-0.3, -0.25) is 4.72 Å². The van der Waals surface area contributed by atoms with E-state index in [-0.39, 0.29) is 5.75 Å². The Morgan fingerprint density at radius 1 is 1.42 bits per heavy atom. The number of anilines is 2. The largest absolute Gasteiger partial charge is 0.398 e. The molecule has 0 bridgehead atoms. The number of fused-ring (bicyclic) bond motifs is 1. The standard InChI is InChI=1S/C7H8N2O2S/c8-6-2-1-3-7-5(6)4-12(10,11)9-7/h1-3,9H,4,8H2. The molecular formula is C7H8N2O2S. The smallest absolute Gasteiger partial charge is 0.237 e. The van der Waals surface area contributed by atoms with Crippen molar-refractivity contribution in [3.8, 4) is 0 Å². The molecule has 1 aliphatic heterocycles. The molecule has 0 fully saturated rings. The Bertz CT molecular complexity index is 425. The van der Waals surface area contributed by atoms with E-state index in [9.17, 15) is 8.42 Å². The van der Waals surface area contributed by atoms with Crippen LogP contribution in [0.2, 0.25) is 0 Å². The molecule has 1 aromatic rings. The highest BCUT2D eigenvalue weighted by atomic mass is 32.2. The summed E-state index contributed by atoms with van der Waals surface area (Å²) in [6.45, 7) is 0. The first-order chi connectivity index (χ1) is 5.58. The van der Waals surface area contributed by atoms with Gasteiger partial charge in [0.05, 0.1) is 11.4 Å². The number of benzene rings is 1. The van der Waals surface area contributed by atoms with E-state index in [4.69, 9.17) is 5.73 Å². The third kappa shape index (κ3) is 1.02. The summed E-state index contributed by atoms with van der Waals surface area (Å²) in [5, 5.41) is 0. The first kappa shape index (κ1) is 7.42. The molecule has 4 nitrogen and oxygen atoms in total. The molecule has 0 atom stereocenters. The van der Waals surface area contributed by atoms with Crippen molar-refractivity contribution in [2.45, 2.75) is 5.75 Å². The summed E-state index contributed by atoms with van der Waals surface area (Å²) in [5.41, 5.74) is 7.40. The van der Waals surface area contributed by atoms with E-state index in [0.29, 0.717) is 16.9 Å². The van der Waals surface area contributed by atoms with Crippen LogP contribution in [-0.4, -0.2) is 8.42 Å². The second-order valence-corrected chi connectivity index (χ2v) is 4.46. The van der Waals surface area contributed by atoms with E-state index in [1.165, 1.54) is 0 Å². The fourth-order valence-electron chi connectivity index (χ4n) is 1.26. The zero-order valence-electron chi connectivity index (χ0n) is 6.24. The van der Waals surface area contributed by atoms with E-state index >= 15 is 0 Å². The zero-order chi connectivity index (χ0) is 8.77. The van der Waals surface area contributed by atoms with Crippen LogP contribution < -0.4 is 10.5 Å². The van der Waals surface area contributed by atoms with Gasteiger partial charge in [-0.15, -0.1) is 0 Å². The Morgan fingerprint density at radius 3 is 2.83 bits per heavy atom. The number of rotatable bonds is 0. The van der Waals surface area contributed by atoms with Crippen molar-refractivity contribution in [2.75, 3.05) is 10.5 Å². The lowest BCUT2D eigenvalue weighted by atomic mass is 10.2. The molecule has 64 valence electrons. The van der Waals surface area contributed by atoms with Crippen molar-refractivity contribution in [1.82, 2.24) is 0 Å². The highest BCUT2D eigenvalue weighted by Crippen LogP contribution is 2.30. The number of nitrogen functional groups attached to an aromatic ring is 1. The molecule has 0 saturated heterocycles. The number of hydrogen-bond acceptors (Lipinski definition) is 3. The predicted molar refractivity (Wildman–Crippen MR) is 47.1 cm³/mol. The maximum absolute atomic E-state index is 11.1. The fourth-order valence-corrected chi connectivity index (χ4v) is 2.56. The molecule has 1 aromatic carbocycles. The molecule has 0 amide bonds. The van der Waals surface area contributed by atoms with Crippen LogP contribution in [0.4, 0.5) is 11.4 Å². The van der Waals surface area contributed by atoms with Crippen LogP contribution >= 0.6 is 0 Å². The van der Waals surface area contributed by atoms with Crippen molar-refractivity contribution >= 4 is 21.4 Å². The van der Waals surface area contributed by atoms with Gasteiger partial charge >= 0.3 is 0 Å². The molecule has 1 aliphatic rings. The van der Waals surface area contributed by atoms with Crippen molar-refractivity contribution in [3.05, 3.63) is 23.8 Å². The minimum atomic E-state index is -3.16. The van der Waals surface area contributed by atoms with E-state index in [0.717, 1.165) is 0 Å². The third-order valence-electron chi connectivity index (χ3n) is 1.81. The number of nitrogens with one attached hydrogen (secondary N) is 1. The van der Waals surface area contributed by atoms with Crippen molar-refractivity contribution in [1.29, 1.82) is 0 Å². The number of nitrogens with two attached hydrogens (primary N) is 1. The summed E-state index contributed by atoms with van der Waals surface area (Å²) in [6.07, 6.45) is 0. The van der Waals surface area contributed by atoms with Gasteiger partial charge in [-0.25, -0.2) is 8.42 Å². The number of sulfonamides is 1. The Morgan fingerprint density at radius 2 is 2.17 bits per heavy atom. The third-order valence-corrected chi connectivity index (χ3v) is 3.01. The molecule has 0 saturated carbocycles. The molecule has 12 heavy (non-hydrogen) atoms. The van der Waals surface area contributed by atoms with Gasteiger partial charge in [0.15, 0.2) is 0 Å². The van der Waals surface area contributed by atoms with E-state index in [1.807, 2.05) is 0 Å². The Kier molecular flexibility index (Phi) is 1.32. The monoisotopic (exact) mass is 184 g/mol. The lowest BCUT2D eigenvalue weighted by Gasteiger charge is -1.98. The van der Waals surface area contributed by atoms with Gasteiger partial charge < -0.3 is 5.73 Å². The van der Waals surface area contributed by atoms with E-state index in [1.54, 1.807) is 18.2 Å². The van der Waals surface area contributed by atoms with Gasteiger partial charge in [0.25, 0.3) is 0 Å². The van der Waals surface area contributed by atoms with Crippen LogP contribution in [-0.2, 0) is 15.8 Å². The molecule has 1 heterocycles. The zero-order valence-corrected chi connectivity index (χ0v) is 7.06. The first-order valence-electron chi connectivity index (χ1n) is 3.46. The minimum Gasteiger partial charge on any atom is -0.398 e. The van der Waals surface area contributed by atoms with Crippen molar-refractivity contribution < 1.29 is 8.42 Å². The highest BCUT2D eigenvalue weighted by molar-refractivity contribution is 7.92. The fraction of sp³-hybridized carbons (Fsp3) is 0.143. The maximum Gasteiger partial charge on any atom is 0.237 e. The summed E-state index contributed by atoms with van der Waals surface area (Å²) in [6, 6.07) is 5.12. The maximum atomic E-state index is 11.1. The van der Waals surface area contributed by atoms with Gasteiger partial charge in [-0.1, -0.05) is 6.07 Å². The van der Waals surface area contributed by atoms with Gasteiger partial charge in [0.2, 0.25) is 10.0 Å². The normalized spacial score (nSPS) is 18.3. The molecule has 0 radical (unpaired) electrons. The summed E-state index contributed by atoms with van der Waals surface area (Å²) in [7, 11) is -3.16. The average molecular weight is 184 g/mol. The van der Waals surface area contributed by atoms with Crippen LogP contribution in [0.3, 0.4) is 0 Å². The van der Waals surface area contributed by atoms with Gasteiger partial charge in [0, 0.05) is 11.3 Å². The van der Waals surface area contributed by atoms with Crippen molar-refractivity contribution in [2.24, 2.45) is 0 Å². The van der Waals surface area contributed by atoms with Gasteiger partial charge in [-0.05, 0) is 12.1 Å². The molecule has 2 rings (SSSR count). The quantitative estimate of drug-likeness (QED) is 0.577. The van der Waals surface area contributed by atoms with Crippen LogP contribution in [0.25, 0.3) is 0 Å². The molecule has 0 unspecified atom stereocenters. The Hall–Kier alpha value is -1.23. The lowest BCUT2D eigenvalue weighted by Crippen LogP contribution is -2.05. The summed E-state index contributed by atoms with van der Waals surface area (Å²) in [5.74, 6) is -0.00495. The topological polar surface area (TPSA) is 72.2 Å². The van der Waals surface area contributed by atoms with Crippen LogP contribution in [0, 0.1) is 0 Å². The second-order valence-electron chi connectivity index (χ2n) is 2.73. The molecule has 3 N–H and O–H groups in total. The van der Waals surface area contributed by atoms with Crippen LogP contribution in [0.1, 0.15) is 5.56 Å². The van der Waals surface area contributed by atoms with Gasteiger partial charge in [-0.2, -0.15) is 0 Å². The van der Waals surface area contributed by atoms with Gasteiger partial charge in [0.1, 0.15) is 0 Å². The SMILES string of the molecule is Nc1cccc2c1CS(=O)(=O)N2. The lowest BCUT2D eigenvalue weighted by molar-refractivity contribution is 0.602. The molecule has 5 heteroatoms. The van der Waals surface area contributed by atoms with E-state index < -0.39 is 10.0 Å². The van der Waals surface area contributed by atoms with Crippen LogP contribution in [0.5, 0.6) is 0 Å². The predicted octanol–water partition coefficient (Wildman–Crippen LogP) is 0.524. The van der Waals surface area contributed by atoms with E-state index in [2.05, 4.69) is 4.72 Å². The van der Waals surface area contributed by atoms with Crippen molar-refractivity contribution in [3.63, 3.8) is 0 Å². The highest BCUT2D eigenvalue weighted by Gasteiger charge is 2.24. The Balaban J connectivity index is 2.63. The van der Waals surface area contributed by atoms with Crippen LogP contribution in [0.15, 0.2) is 18.2 Å². The summed E-state index contributed by atoms with van der Waals surface area (Å²) < 4.78 is 24.6. The molecule has 0 aromatic heterocycles. The minimum absolute atomic E-state index is 0.00495. The number of hydrogen-bond donors (Lipinski definition) is 2. The molecule has 0 aliphatic carbocycles. The summed E-state index contributed by atoms with van der Waals surface area (Å²) in [4.78, 5) is 0. The Labute approximate surface area is 70.4 Å². The summed E-state index contributed by atoms with van der Waals surface area (Å²) >= 11 is 0. The average Bonchev–Trinajstić information content (AvgIpc) is 2.25. The first-order valence-corrected chi connectivity index (χ1v) is 5.11.